The third-order valence-corrected chi connectivity index (χ3v) is 5.14. The van der Waals surface area contributed by atoms with Crippen molar-refractivity contribution in [3.63, 3.8) is 0 Å². The van der Waals surface area contributed by atoms with Crippen LogP contribution < -0.4 is 4.90 Å². The summed E-state index contributed by atoms with van der Waals surface area (Å²) in [6.45, 7) is 5.29. The van der Waals surface area contributed by atoms with E-state index in [1.165, 1.54) is 10.3 Å². The highest BCUT2D eigenvalue weighted by Crippen LogP contribution is 2.31. The summed E-state index contributed by atoms with van der Waals surface area (Å²) in [6.07, 6.45) is 3.67. The van der Waals surface area contributed by atoms with E-state index in [0.29, 0.717) is 6.61 Å². The average molecular weight is 315 g/mol. The Morgan fingerprint density at radius 2 is 2.36 bits per heavy atom. The van der Waals surface area contributed by atoms with Gasteiger partial charge in [0, 0.05) is 19.3 Å². The Balaban J connectivity index is 1.54. The molecule has 7 heteroatoms. The molecule has 0 radical (unpaired) electrons. The van der Waals surface area contributed by atoms with E-state index in [1.54, 1.807) is 17.5 Å². The van der Waals surface area contributed by atoms with Crippen LogP contribution in [-0.4, -0.2) is 45.8 Å². The first-order valence-corrected chi connectivity index (χ1v) is 8.18. The lowest BCUT2D eigenvalue weighted by atomic mass is 10.2. The summed E-state index contributed by atoms with van der Waals surface area (Å²) in [4.78, 5) is 7.10. The largest absolute Gasteiger partial charge is 0.373 e. The summed E-state index contributed by atoms with van der Waals surface area (Å²) in [5.41, 5.74) is 2.37. The summed E-state index contributed by atoms with van der Waals surface area (Å²) in [5.74, 6) is 0. The monoisotopic (exact) mass is 315 g/mol. The molecule has 1 aromatic carbocycles. The molecule has 0 saturated carbocycles. The number of aryl methyl sites for hydroxylation is 1. The van der Waals surface area contributed by atoms with E-state index in [-0.39, 0.29) is 6.10 Å². The molecule has 0 amide bonds. The number of aromatic nitrogens is 4. The van der Waals surface area contributed by atoms with Gasteiger partial charge in [-0.1, -0.05) is 28.7 Å². The molecule has 1 aliphatic heterocycles. The first-order valence-electron chi connectivity index (χ1n) is 7.36. The summed E-state index contributed by atoms with van der Waals surface area (Å²) in [6, 6.07) is 6.28. The Hall–Kier alpha value is -1.99. The number of nitrogens with zero attached hydrogens (tertiary/aromatic N) is 5. The van der Waals surface area contributed by atoms with Crippen LogP contribution in [0.1, 0.15) is 5.56 Å². The standard InChI is InChI=1S/C15H17N5OS/c1-11-3-2-4-13-14(11)22-15(17-13)19-7-8-21-12(9-19)10-20-6-5-16-18-20/h2-6,12H,7-10H2,1H3. The smallest absolute Gasteiger partial charge is 0.186 e. The Morgan fingerprint density at radius 3 is 3.18 bits per heavy atom. The molecule has 1 unspecified atom stereocenters. The highest BCUT2D eigenvalue weighted by molar-refractivity contribution is 7.22. The van der Waals surface area contributed by atoms with Crippen molar-refractivity contribution in [2.45, 2.75) is 19.6 Å². The number of benzene rings is 1. The van der Waals surface area contributed by atoms with Gasteiger partial charge >= 0.3 is 0 Å². The van der Waals surface area contributed by atoms with Gasteiger partial charge in [-0.05, 0) is 18.6 Å². The van der Waals surface area contributed by atoms with Crippen molar-refractivity contribution in [3.8, 4) is 0 Å². The van der Waals surface area contributed by atoms with E-state index in [4.69, 9.17) is 9.72 Å². The minimum Gasteiger partial charge on any atom is -0.373 e. The fourth-order valence-corrected chi connectivity index (χ4v) is 3.82. The van der Waals surface area contributed by atoms with Gasteiger partial charge in [-0.2, -0.15) is 0 Å². The number of morpholine rings is 1. The zero-order valence-corrected chi connectivity index (χ0v) is 13.2. The summed E-state index contributed by atoms with van der Waals surface area (Å²) >= 11 is 1.76. The maximum Gasteiger partial charge on any atom is 0.186 e. The molecule has 0 spiro atoms. The third kappa shape index (κ3) is 2.57. The second kappa shape index (κ2) is 5.66. The van der Waals surface area contributed by atoms with Gasteiger partial charge in [0.15, 0.2) is 5.13 Å². The molecule has 1 saturated heterocycles. The van der Waals surface area contributed by atoms with Crippen LogP contribution in [0, 0.1) is 6.92 Å². The fourth-order valence-electron chi connectivity index (χ4n) is 2.75. The van der Waals surface area contributed by atoms with Crippen LogP contribution in [-0.2, 0) is 11.3 Å². The molecule has 6 nitrogen and oxygen atoms in total. The molecule has 0 N–H and O–H groups in total. The van der Waals surface area contributed by atoms with Gasteiger partial charge in [-0.15, -0.1) is 5.10 Å². The Labute approximate surface area is 132 Å². The van der Waals surface area contributed by atoms with Gasteiger partial charge in [-0.25, -0.2) is 9.67 Å². The second-order valence-electron chi connectivity index (χ2n) is 5.48. The summed E-state index contributed by atoms with van der Waals surface area (Å²) in [7, 11) is 0. The minimum atomic E-state index is 0.114. The minimum absolute atomic E-state index is 0.114. The lowest BCUT2D eigenvalue weighted by molar-refractivity contribution is 0.0271. The van der Waals surface area contributed by atoms with Crippen molar-refractivity contribution in [2.24, 2.45) is 0 Å². The van der Waals surface area contributed by atoms with Gasteiger partial charge in [0.1, 0.15) is 0 Å². The van der Waals surface area contributed by atoms with E-state index in [0.717, 1.165) is 30.3 Å². The maximum atomic E-state index is 5.85. The van der Waals surface area contributed by atoms with E-state index < -0.39 is 0 Å². The Bertz CT molecular complexity index is 769. The SMILES string of the molecule is Cc1cccc2nc(N3CCOC(Cn4ccnn4)C3)sc12. The van der Waals surface area contributed by atoms with E-state index in [1.807, 2.05) is 10.9 Å². The van der Waals surface area contributed by atoms with Crippen LogP contribution in [0.3, 0.4) is 0 Å². The first-order chi connectivity index (χ1) is 10.8. The second-order valence-corrected chi connectivity index (χ2v) is 6.46. The van der Waals surface area contributed by atoms with Crippen molar-refractivity contribution < 1.29 is 4.74 Å². The van der Waals surface area contributed by atoms with Crippen LogP contribution in [0.4, 0.5) is 5.13 Å². The van der Waals surface area contributed by atoms with Crippen molar-refractivity contribution >= 4 is 26.7 Å². The summed E-state index contributed by atoms with van der Waals surface area (Å²) < 4.78 is 8.94. The highest BCUT2D eigenvalue weighted by atomic mass is 32.1. The molecule has 1 fully saturated rings. The number of thiazole rings is 1. The number of hydrogen-bond donors (Lipinski definition) is 0. The van der Waals surface area contributed by atoms with Crippen molar-refractivity contribution in [3.05, 3.63) is 36.2 Å². The molecular formula is C15H17N5OS. The van der Waals surface area contributed by atoms with Gasteiger partial charge in [0.05, 0.1) is 35.7 Å². The molecule has 3 heterocycles. The van der Waals surface area contributed by atoms with Crippen LogP contribution in [0.5, 0.6) is 0 Å². The van der Waals surface area contributed by atoms with E-state index in [2.05, 4.69) is 40.3 Å². The van der Waals surface area contributed by atoms with Gasteiger partial charge in [0.2, 0.25) is 0 Å². The zero-order chi connectivity index (χ0) is 14.9. The lowest BCUT2D eigenvalue weighted by Crippen LogP contribution is -2.44. The normalized spacial score (nSPS) is 19.0. The molecular weight excluding hydrogens is 298 g/mol. The Kier molecular flexibility index (Phi) is 3.51. The number of hydrogen-bond acceptors (Lipinski definition) is 6. The molecule has 1 atom stereocenters. The molecule has 1 aliphatic rings. The number of rotatable bonds is 3. The van der Waals surface area contributed by atoms with Crippen molar-refractivity contribution in [1.29, 1.82) is 0 Å². The van der Waals surface area contributed by atoms with Crippen LogP contribution in [0.25, 0.3) is 10.2 Å². The van der Waals surface area contributed by atoms with Gasteiger partial charge < -0.3 is 9.64 Å². The van der Waals surface area contributed by atoms with Crippen molar-refractivity contribution in [1.82, 2.24) is 20.0 Å². The maximum absolute atomic E-state index is 5.85. The summed E-state index contributed by atoms with van der Waals surface area (Å²) in [5, 5.41) is 8.93. The predicted octanol–water partition coefficient (Wildman–Crippen LogP) is 2.10. The van der Waals surface area contributed by atoms with E-state index >= 15 is 0 Å². The quantitative estimate of drug-likeness (QED) is 0.741. The first kappa shape index (κ1) is 13.7. The Morgan fingerprint density at radius 1 is 1.41 bits per heavy atom. The van der Waals surface area contributed by atoms with Crippen molar-refractivity contribution in [2.75, 3.05) is 24.6 Å². The zero-order valence-electron chi connectivity index (χ0n) is 12.3. The fraction of sp³-hybridized carbons (Fsp3) is 0.400. The lowest BCUT2D eigenvalue weighted by Gasteiger charge is -2.32. The average Bonchev–Trinajstić information content (AvgIpc) is 3.17. The molecule has 2 aromatic heterocycles. The number of fused-ring (bicyclic) bond motifs is 1. The molecule has 4 rings (SSSR count). The highest BCUT2D eigenvalue weighted by Gasteiger charge is 2.23. The van der Waals surface area contributed by atoms with Crippen LogP contribution >= 0.6 is 11.3 Å². The topological polar surface area (TPSA) is 56.1 Å². The predicted molar refractivity (Wildman–Crippen MR) is 86.3 cm³/mol. The van der Waals surface area contributed by atoms with Gasteiger partial charge in [0.25, 0.3) is 0 Å². The molecule has 0 aliphatic carbocycles. The molecule has 22 heavy (non-hydrogen) atoms. The number of ether oxygens (including phenoxy) is 1. The van der Waals surface area contributed by atoms with E-state index in [9.17, 15) is 0 Å². The molecule has 0 bridgehead atoms. The molecule has 3 aromatic rings. The van der Waals surface area contributed by atoms with Gasteiger partial charge in [-0.3, -0.25) is 0 Å². The third-order valence-electron chi connectivity index (χ3n) is 3.87. The van der Waals surface area contributed by atoms with Crippen LogP contribution in [0.2, 0.25) is 0 Å². The number of anilines is 1. The molecule has 114 valence electrons. The van der Waals surface area contributed by atoms with Crippen LogP contribution in [0.15, 0.2) is 30.6 Å².